The van der Waals surface area contributed by atoms with Crippen LogP contribution in [0.4, 0.5) is 0 Å². The Morgan fingerprint density at radius 1 is 1.38 bits per heavy atom. The van der Waals surface area contributed by atoms with Gasteiger partial charge in [0.15, 0.2) is 0 Å². The van der Waals surface area contributed by atoms with Crippen molar-refractivity contribution in [1.82, 2.24) is 14.8 Å². The van der Waals surface area contributed by atoms with Crippen molar-refractivity contribution in [3.05, 3.63) is 11.1 Å². The van der Waals surface area contributed by atoms with Gasteiger partial charge in [-0.3, -0.25) is 4.57 Å². The van der Waals surface area contributed by atoms with Gasteiger partial charge in [-0.2, -0.15) is 0 Å². The van der Waals surface area contributed by atoms with E-state index in [9.17, 15) is 0 Å². The summed E-state index contributed by atoms with van der Waals surface area (Å²) in [6.45, 7) is 8.69. The van der Waals surface area contributed by atoms with E-state index in [0.717, 1.165) is 11.7 Å². The van der Waals surface area contributed by atoms with Gasteiger partial charge in [0.05, 0.1) is 0 Å². The number of halogens is 1. The van der Waals surface area contributed by atoms with Crippen LogP contribution in [0.2, 0.25) is 5.28 Å². The highest BCUT2D eigenvalue weighted by Gasteiger charge is 2.41. The van der Waals surface area contributed by atoms with Crippen LogP contribution >= 0.6 is 11.6 Å². The molecule has 0 amide bonds. The number of rotatable bonds is 3. The summed E-state index contributed by atoms with van der Waals surface area (Å²) in [5, 5.41) is 8.79. The van der Waals surface area contributed by atoms with E-state index in [2.05, 4.69) is 42.5 Å². The molecule has 90 valence electrons. The molecule has 16 heavy (non-hydrogen) atoms. The average Bonchev–Trinajstić information content (AvgIpc) is 2.79. The van der Waals surface area contributed by atoms with E-state index in [1.54, 1.807) is 0 Å². The Kier molecular flexibility index (Phi) is 2.99. The van der Waals surface area contributed by atoms with Crippen LogP contribution in [0.3, 0.4) is 0 Å². The van der Waals surface area contributed by atoms with E-state index in [1.165, 1.54) is 19.3 Å². The molecule has 4 heteroatoms. The number of aromatic nitrogens is 3. The van der Waals surface area contributed by atoms with Gasteiger partial charge in [0.1, 0.15) is 5.82 Å². The Hall–Kier alpha value is -0.570. The molecule has 2 atom stereocenters. The van der Waals surface area contributed by atoms with Gasteiger partial charge in [0.2, 0.25) is 5.28 Å². The smallest absolute Gasteiger partial charge is 0.225 e. The van der Waals surface area contributed by atoms with Gasteiger partial charge in [-0.15, -0.1) is 10.2 Å². The Morgan fingerprint density at radius 3 is 2.62 bits per heavy atom. The minimum atomic E-state index is 0.0134. The summed E-state index contributed by atoms with van der Waals surface area (Å²) >= 11 is 6.14. The third kappa shape index (κ3) is 2.10. The zero-order valence-corrected chi connectivity index (χ0v) is 11.3. The van der Waals surface area contributed by atoms with Crippen molar-refractivity contribution in [2.45, 2.75) is 58.4 Å². The van der Waals surface area contributed by atoms with Crippen molar-refractivity contribution in [2.75, 3.05) is 0 Å². The Bertz CT molecular complexity index is 378. The lowest BCUT2D eigenvalue weighted by molar-refractivity contribution is 0.486. The molecule has 1 saturated carbocycles. The summed E-state index contributed by atoms with van der Waals surface area (Å²) in [5.41, 5.74) is 0.0134. The molecular weight excluding hydrogens is 222 g/mol. The van der Waals surface area contributed by atoms with Gasteiger partial charge in [0.25, 0.3) is 0 Å². The standard InChI is InChI=1S/C12H20ClN3/c1-5-6-8-7-9(8)16-10(12(2,3)4)14-15-11(16)13/h8-9H,5-7H2,1-4H3. The molecule has 1 fully saturated rings. The largest absolute Gasteiger partial charge is 0.298 e. The van der Waals surface area contributed by atoms with E-state index >= 15 is 0 Å². The van der Waals surface area contributed by atoms with Gasteiger partial charge in [-0.05, 0) is 30.4 Å². The Balaban J connectivity index is 2.25. The van der Waals surface area contributed by atoms with Crippen LogP contribution in [0.5, 0.6) is 0 Å². The summed E-state index contributed by atoms with van der Waals surface area (Å²) in [5.74, 6) is 1.79. The minimum absolute atomic E-state index is 0.0134. The van der Waals surface area contributed by atoms with Crippen LogP contribution in [0, 0.1) is 5.92 Å². The van der Waals surface area contributed by atoms with Crippen molar-refractivity contribution >= 4 is 11.6 Å². The van der Waals surface area contributed by atoms with Crippen LogP contribution in [-0.2, 0) is 5.41 Å². The van der Waals surface area contributed by atoms with Crippen LogP contribution in [0.1, 0.15) is 58.8 Å². The van der Waals surface area contributed by atoms with E-state index in [-0.39, 0.29) is 5.41 Å². The predicted molar refractivity (Wildman–Crippen MR) is 65.8 cm³/mol. The fourth-order valence-electron chi connectivity index (χ4n) is 2.31. The fraction of sp³-hybridized carbons (Fsp3) is 0.833. The van der Waals surface area contributed by atoms with Crippen molar-refractivity contribution in [3.8, 4) is 0 Å². The maximum absolute atomic E-state index is 6.14. The monoisotopic (exact) mass is 241 g/mol. The van der Waals surface area contributed by atoms with Crippen molar-refractivity contribution in [2.24, 2.45) is 5.92 Å². The molecule has 0 bridgehead atoms. The van der Waals surface area contributed by atoms with Crippen LogP contribution < -0.4 is 0 Å². The highest BCUT2D eigenvalue weighted by atomic mass is 35.5. The second-order valence-electron chi connectivity index (χ2n) is 5.76. The lowest BCUT2D eigenvalue weighted by Crippen LogP contribution is -2.19. The van der Waals surface area contributed by atoms with Gasteiger partial charge >= 0.3 is 0 Å². The van der Waals surface area contributed by atoms with Crippen LogP contribution in [0.25, 0.3) is 0 Å². The number of hydrogen-bond donors (Lipinski definition) is 0. The highest BCUT2D eigenvalue weighted by Crippen LogP contribution is 2.48. The van der Waals surface area contributed by atoms with E-state index in [1.807, 2.05) is 0 Å². The molecule has 0 aliphatic heterocycles. The van der Waals surface area contributed by atoms with Crippen LogP contribution in [0.15, 0.2) is 0 Å². The zero-order valence-electron chi connectivity index (χ0n) is 10.5. The second-order valence-corrected chi connectivity index (χ2v) is 6.10. The molecule has 1 aliphatic carbocycles. The van der Waals surface area contributed by atoms with Gasteiger partial charge in [0, 0.05) is 11.5 Å². The maximum atomic E-state index is 6.14. The summed E-state index contributed by atoms with van der Waals surface area (Å²) < 4.78 is 2.14. The first-order valence-corrected chi connectivity index (χ1v) is 6.43. The molecule has 0 saturated heterocycles. The molecule has 1 aromatic rings. The summed E-state index contributed by atoms with van der Waals surface area (Å²) in [7, 11) is 0. The highest BCUT2D eigenvalue weighted by molar-refractivity contribution is 6.28. The molecule has 2 unspecified atom stereocenters. The molecule has 1 aromatic heterocycles. The van der Waals surface area contributed by atoms with E-state index < -0.39 is 0 Å². The average molecular weight is 242 g/mol. The molecule has 0 radical (unpaired) electrons. The lowest BCUT2D eigenvalue weighted by Gasteiger charge is -2.19. The second kappa shape index (κ2) is 4.02. The maximum Gasteiger partial charge on any atom is 0.225 e. The molecule has 0 spiro atoms. The third-order valence-corrected chi connectivity index (χ3v) is 3.46. The SMILES string of the molecule is CCCC1CC1n1c(Cl)nnc1C(C)(C)C. The van der Waals surface area contributed by atoms with Gasteiger partial charge < -0.3 is 0 Å². The molecule has 1 aliphatic rings. The third-order valence-electron chi connectivity index (χ3n) is 3.20. The van der Waals surface area contributed by atoms with Gasteiger partial charge in [-0.25, -0.2) is 0 Å². The first-order chi connectivity index (χ1) is 7.45. The lowest BCUT2D eigenvalue weighted by atomic mass is 9.95. The Morgan fingerprint density at radius 2 is 2.06 bits per heavy atom. The van der Waals surface area contributed by atoms with Crippen molar-refractivity contribution in [1.29, 1.82) is 0 Å². The molecule has 3 nitrogen and oxygen atoms in total. The van der Waals surface area contributed by atoms with E-state index in [0.29, 0.717) is 11.3 Å². The summed E-state index contributed by atoms with van der Waals surface area (Å²) in [4.78, 5) is 0. The fourth-order valence-corrected chi connectivity index (χ4v) is 2.55. The Labute approximate surface area is 102 Å². The van der Waals surface area contributed by atoms with Crippen LogP contribution in [-0.4, -0.2) is 14.8 Å². The molecule has 1 heterocycles. The quantitative estimate of drug-likeness (QED) is 0.810. The zero-order chi connectivity index (χ0) is 11.9. The molecule has 0 aromatic carbocycles. The summed E-state index contributed by atoms with van der Waals surface area (Å²) in [6, 6.07) is 0.539. The predicted octanol–water partition coefficient (Wildman–Crippen LogP) is 3.59. The van der Waals surface area contributed by atoms with E-state index in [4.69, 9.17) is 11.6 Å². The normalized spacial score (nSPS) is 24.8. The molecule has 0 N–H and O–H groups in total. The first kappa shape index (κ1) is 11.9. The van der Waals surface area contributed by atoms with Crippen molar-refractivity contribution < 1.29 is 0 Å². The number of hydrogen-bond acceptors (Lipinski definition) is 2. The number of nitrogens with zero attached hydrogens (tertiary/aromatic N) is 3. The summed E-state index contributed by atoms with van der Waals surface area (Å²) in [6.07, 6.45) is 3.75. The molecule has 2 rings (SSSR count). The topological polar surface area (TPSA) is 30.7 Å². The van der Waals surface area contributed by atoms with Crippen molar-refractivity contribution in [3.63, 3.8) is 0 Å². The minimum Gasteiger partial charge on any atom is -0.298 e. The first-order valence-electron chi connectivity index (χ1n) is 6.06. The molecular formula is C12H20ClN3. The van der Waals surface area contributed by atoms with Gasteiger partial charge in [-0.1, -0.05) is 34.1 Å².